The zero-order valence-electron chi connectivity index (χ0n) is 11.1. The maximum absolute atomic E-state index is 11.8. The first-order valence-corrected chi connectivity index (χ1v) is 6.22. The topological polar surface area (TPSA) is 29.5 Å². The fourth-order valence-electron chi connectivity index (χ4n) is 2.00. The van der Waals surface area contributed by atoms with E-state index in [-0.39, 0.29) is 5.41 Å². The second kappa shape index (κ2) is 5.78. The summed E-state index contributed by atoms with van der Waals surface area (Å²) in [5.74, 6) is 0.362. The number of likely N-dealkylation sites (tertiary alicyclic amines) is 1. The molecule has 0 aliphatic carbocycles. The Morgan fingerprint density at radius 2 is 1.88 bits per heavy atom. The summed E-state index contributed by atoms with van der Waals surface area (Å²) >= 11 is 0. The minimum absolute atomic E-state index is 0.190. The summed E-state index contributed by atoms with van der Waals surface area (Å²) in [4.78, 5) is 14.2. The number of ether oxygens (including phenoxy) is 1. The van der Waals surface area contributed by atoms with E-state index in [1.54, 1.807) is 7.11 Å². The van der Waals surface area contributed by atoms with Crippen LogP contribution < -0.4 is 0 Å². The first kappa shape index (κ1) is 13.7. The number of hydrogen-bond acceptors (Lipinski definition) is 3. The number of nitrogens with zero attached hydrogens (tertiary/aromatic N) is 1. The molecule has 0 bridgehead atoms. The number of rotatable bonds is 4. The van der Waals surface area contributed by atoms with E-state index < -0.39 is 0 Å². The monoisotopic (exact) mass is 227 g/mol. The van der Waals surface area contributed by atoms with Gasteiger partial charge in [-0.15, -0.1) is 0 Å². The van der Waals surface area contributed by atoms with E-state index in [0.29, 0.717) is 18.3 Å². The molecule has 0 aromatic carbocycles. The predicted octanol–water partition coefficient (Wildman–Crippen LogP) is 2.10. The lowest BCUT2D eigenvalue weighted by Crippen LogP contribution is -2.38. The number of methoxy groups -OCH3 is 1. The number of carbonyl (C=O) groups excluding carboxylic acids is 1. The molecule has 16 heavy (non-hydrogen) atoms. The second-order valence-corrected chi connectivity index (χ2v) is 5.70. The summed E-state index contributed by atoms with van der Waals surface area (Å²) in [6.07, 6.45) is 3.30. The molecule has 3 heteroatoms. The zero-order chi connectivity index (χ0) is 12.2. The van der Waals surface area contributed by atoms with Crippen molar-refractivity contribution < 1.29 is 9.53 Å². The molecule has 0 spiro atoms. The Hall–Kier alpha value is -0.410. The highest BCUT2D eigenvalue weighted by molar-refractivity contribution is 5.83. The van der Waals surface area contributed by atoms with Gasteiger partial charge in [-0.1, -0.05) is 20.8 Å². The number of Topliss-reactive ketones (excluding diaryl/α,β-unsaturated/α-hetero) is 1. The Morgan fingerprint density at radius 1 is 1.31 bits per heavy atom. The van der Waals surface area contributed by atoms with Crippen LogP contribution in [0.3, 0.4) is 0 Å². The summed E-state index contributed by atoms with van der Waals surface area (Å²) in [7, 11) is 1.78. The van der Waals surface area contributed by atoms with Gasteiger partial charge >= 0.3 is 0 Å². The molecular weight excluding hydrogens is 202 g/mol. The third-order valence-corrected chi connectivity index (χ3v) is 3.36. The van der Waals surface area contributed by atoms with Crippen molar-refractivity contribution in [2.45, 2.75) is 46.1 Å². The van der Waals surface area contributed by atoms with Gasteiger partial charge < -0.3 is 9.64 Å². The number of piperidine rings is 1. The highest BCUT2D eigenvalue weighted by Crippen LogP contribution is 2.18. The van der Waals surface area contributed by atoms with Crippen LogP contribution in [0.1, 0.15) is 40.0 Å². The van der Waals surface area contributed by atoms with Crippen molar-refractivity contribution in [2.75, 3.05) is 26.7 Å². The lowest BCUT2D eigenvalue weighted by molar-refractivity contribution is -0.126. The van der Waals surface area contributed by atoms with Gasteiger partial charge in [-0.2, -0.15) is 0 Å². The van der Waals surface area contributed by atoms with Crippen molar-refractivity contribution in [3.63, 3.8) is 0 Å². The van der Waals surface area contributed by atoms with E-state index in [2.05, 4.69) is 4.90 Å². The molecule has 1 rings (SSSR count). The average molecular weight is 227 g/mol. The van der Waals surface area contributed by atoms with Gasteiger partial charge in [0.15, 0.2) is 0 Å². The van der Waals surface area contributed by atoms with Crippen LogP contribution in [0.2, 0.25) is 0 Å². The highest BCUT2D eigenvalue weighted by Gasteiger charge is 2.23. The molecule has 1 heterocycles. The van der Waals surface area contributed by atoms with E-state index in [9.17, 15) is 4.79 Å². The Balaban J connectivity index is 2.22. The average Bonchev–Trinajstić information content (AvgIpc) is 2.25. The van der Waals surface area contributed by atoms with Crippen molar-refractivity contribution >= 4 is 5.78 Å². The molecule has 1 aliphatic heterocycles. The summed E-state index contributed by atoms with van der Waals surface area (Å²) in [5, 5.41) is 0. The minimum Gasteiger partial charge on any atom is -0.381 e. The zero-order valence-corrected chi connectivity index (χ0v) is 11.1. The lowest BCUT2D eigenvalue weighted by atomic mass is 9.89. The highest BCUT2D eigenvalue weighted by atomic mass is 16.5. The third kappa shape index (κ3) is 4.22. The Kier molecular flexibility index (Phi) is 4.93. The van der Waals surface area contributed by atoms with E-state index >= 15 is 0 Å². The summed E-state index contributed by atoms with van der Waals surface area (Å²) < 4.78 is 5.33. The molecule has 1 saturated heterocycles. The third-order valence-electron chi connectivity index (χ3n) is 3.36. The predicted molar refractivity (Wildman–Crippen MR) is 65.6 cm³/mol. The van der Waals surface area contributed by atoms with Crippen LogP contribution in [0.15, 0.2) is 0 Å². The maximum atomic E-state index is 11.8. The summed E-state index contributed by atoms with van der Waals surface area (Å²) in [5.41, 5.74) is -0.190. The first-order chi connectivity index (χ1) is 7.43. The Labute approximate surface area is 99.1 Å². The molecule has 0 N–H and O–H groups in total. The molecule has 1 fully saturated rings. The molecule has 0 aromatic heterocycles. The quantitative estimate of drug-likeness (QED) is 0.736. The van der Waals surface area contributed by atoms with E-state index in [1.165, 1.54) is 0 Å². The molecule has 0 saturated carbocycles. The molecule has 0 radical (unpaired) electrons. The van der Waals surface area contributed by atoms with Gasteiger partial charge in [0.2, 0.25) is 0 Å². The molecule has 0 amide bonds. The van der Waals surface area contributed by atoms with E-state index in [0.717, 1.165) is 32.5 Å². The fourth-order valence-corrected chi connectivity index (χ4v) is 2.00. The van der Waals surface area contributed by atoms with E-state index in [1.807, 2.05) is 20.8 Å². The van der Waals surface area contributed by atoms with Gasteiger partial charge in [0.1, 0.15) is 5.78 Å². The second-order valence-electron chi connectivity index (χ2n) is 5.70. The molecule has 0 atom stereocenters. The van der Waals surface area contributed by atoms with Gasteiger partial charge in [0, 0.05) is 38.6 Å². The van der Waals surface area contributed by atoms with Gasteiger partial charge in [0.25, 0.3) is 0 Å². The van der Waals surface area contributed by atoms with Gasteiger partial charge in [-0.3, -0.25) is 4.79 Å². The fraction of sp³-hybridized carbons (Fsp3) is 0.923. The van der Waals surface area contributed by atoms with Gasteiger partial charge in [-0.05, 0) is 12.8 Å². The van der Waals surface area contributed by atoms with Crippen molar-refractivity contribution in [1.82, 2.24) is 4.90 Å². The molecule has 3 nitrogen and oxygen atoms in total. The minimum atomic E-state index is -0.190. The van der Waals surface area contributed by atoms with Gasteiger partial charge in [-0.25, -0.2) is 0 Å². The van der Waals surface area contributed by atoms with Crippen molar-refractivity contribution in [3.8, 4) is 0 Å². The van der Waals surface area contributed by atoms with Crippen LogP contribution in [0.5, 0.6) is 0 Å². The Morgan fingerprint density at radius 3 is 2.31 bits per heavy atom. The van der Waals surface area contributed by atoms with Gasteiger partial charge in [0.05, 0.1) is 6.10 Å². The van der Waals surface area contributed by atoms with Crippen LogP contribution in [-0.2, 0) is 9.53 Å². The summed E-state index contributed by atoms with van der Waals surface area (Å²) in [6, 6.07) is 0. The Bertz CT molecular complexity index is 225. The summed E-state index contributed by atoms with van der Waals surface area (Å²) in [6.45, 7) is 9.02. The van der Waals surface area contributed by atoms with Crippen molar-refractivity contribution in [1.29, 1.82) is 0 Å². The van der Waals surface area contributed by atoms with Crippen LogP contribution in [-0.4, -0.2) is 43.5 Å². The largest absolute Gasteiger partial charge is 0.381 e. The van der Waals surface area contributed by atoms with Crippen LogP contribution in [0.4, 0.5) is 0 Å². The standard InChI is InChI=1S/C13H25NO2/c1-13(2,3)12(15)7-10-14-8-5-11(16-4)6-9-14/h11H,5-10H2,1-4H3. The van der Waals surface area contributed by atoms with Crippen molar-refractivity contribution in [3.05, 3.63) is 0 Å². The molecule has 0 unspecified atom stereocenters. The van der Waals surface area contributed by atoms with E-state index in [4.69, 9.17) is 4.74 Å². The molecule has 1 aliphatic rings. The smallest absolute Gasteiger partial charge is 0.139 e. The molecule has 0 aromatic rings. The lowest BCUT2D eigenvalue weighted by Gasteiger charge is -2.31. The molecular formula is C13H25NO2. The van der Waals surface area contributed by atoms with Crippen LogP contribution in [0, 0.1) is 5.41 Å². The van der Waals surface area contributed by atoms with Crippen molar-refractivity contribution in [2.24, 2.45) is 5.41 Å². The molecule has 94 valence electrons. The normalized spacial score (nSPS) is 20.0. The number of ketones is 1. The number of carbonyl (C=O) groups is 1. The SMILES string of the molecule is COC1CCN(CCC(=O)C(C)(C)C)CC1. The van der Waals surface area contributed by atoms with Crippen LogP contribution in [0.25, 0.3) is 0 Å². The van der Waals surface area contributed by atoms with Crippen LogP contribution >= 0.6 is 0 Å². The first-order valence-electron chi connectivity index (χ1n) is 6.22. The number of hydrogen-bond donors (Lipinski definition) is 0. The maximum Gasteiger partial charge on any atom is 0.139 e.